The predicted molar refractivity (Wildman–Crippen MR) is 63.7 cm³/mol. The molecule has 0 saturated carbocycles. The maximum absolute atomic E-state index is 10.7. The molecule has 0 spiro atoms. The minimum atomic E-state index is -1.15. The van der Waals surface area contributed by atoms with Crippen LogP contribution in [0.15, 0.2) is 30.7 Å². The van der Waals surface area contributed by atoms with Crippen LogP contribution in [0.5, 0.6) is 5.75 Å². The molecule has 0 aliphatic carbocycles. The van der Waals surface area contributed by atoms with Crippen LogP contribution in [-0.2, 0) is 0 Å². The van der Waals surface area contributed by atoms with E-state index in [1.54, 1.807) is 0 Å². The molecule has 1 N–H and O–H groups in total. The summed E-state index contributed by atoms with van der Waals surface area (Å²) in [6.45, 7) is 0. The summed E-state index contributed by atoms with van der Waals surface area (Å²) in [6.07, 6.45) is 2.60. The van der Waals surface area contributed by atoms with Crippen molar-refractivity contribution in [1.29, 1.82) is 0 Å². The van der Waals surface area contributed by atoms with Crippen LogP contribution in [0, 0.1) is 10.1 Å². The lowest BCUT2D eigenvalue weighted by molar-refractivity contribution is -0.384. The number of ether oxygens (including phenoxy) is 1. The molecule has 1 aromatic heterocycles. The molecule has 0 aliphatic rings. The van der Waals surface area contributed by atoms with E-state index in [1.807, 2.05) is 0 Å². The van der Waals surface area contributed by atoms with Crippen LogP contribution in [0.4, 0.5) is 5.69 Å². The van der Waals surface area contributed by atoms with E-state index in [0.29, 0.717) is 5.69 Å². The highest BCUT2D eigenvalue weighted by Crippen LogP contribution is 2.27. The van der Waals surface area contributed by atoms with Gasteiger partial charge >= 0.3 is 5.97 Å². The fourth-order valence-corrected chi connectivity index (χ4v) is 1.56. The SMILES string of the molecule is COc1cc([N+](=O)[O-])ccc1-n1cnc(C(=O)O)c1. The van der Waals surface area contributed by atoms with Gasteiger partial charge in [0.2, 0.25) is 0 Å². The van der Waals surface area contributed by atoms with Crippen molar-refractivity contribution >= 4 is 11.7 Å². The lowest BCUT2D eigenvalue weighted by Gasteiger charge is -2.08. The minimum Gasteiger partial charge on any atom is -0.494 e. The zero-order valence-electron chi connectivity index (χ0n) is 9.81. The highest BCUT2D eigenvalue weighted by molar-refractivity contribution is 5.85. The van der Waals surface area contributed by atoms with Crippen molar-refractivity contribution in [2.75, 3.05) is 7.11 Å². The molecule has 0 radical (unpaired) electrons. The summed E-state index contributed by atoms with van der Waals surface area (Å²) in [5.74, 6) is -0.900. The van der Waals surface area contributed by atoms with E-state index >= 15 is 0 Å². The number of nitro groups is 1. The number of methoxy groups -OCH3 is 1. The highest BCUT2D eigenvalue weighted by atomic mass is 16.6. The molecule has 0 fully saturated rings. The molecule has 2 rings (SSSR count). The summed E-state index contributed by atoms with van der Waals surface area (Å²) < 4.78 is 6.48. The van der Waals surface area contributed by atoms with E-state index in [4.69, 9.17) is 9.84 Å². The normalized spacial score (nSPS) is 10.2. The Morgan fingerprint density at radius 2 is 2.26 bits per heavy atom. The first-order valence-electron chi connectivity index (χ1n) is 5.13. The first-order valence-corrected chi connectivity index (χ1v) is 5.13. The average Bonchev–Trinajstić information content (AvgIpc) is 2.87. The Balaban J connectivity index is 2.48. The molecule has 0 atom stereocenters. The Labute approximate surface area is 107 Å². The Morgan fingerprint density at radius 3 is 2.79 bits per heavy atom. The molecule has 98 valence electrons. The van der Waals surface area contributed by atoms with Gasteiger partial charge in [-0.2, -0.15) is 0 Å². The molecule has 0 bridgehead atoms. The van der Waals surface area contributed by atoms with E-state index in [9.17, 15) is 14.9 Å². The Morgan fingerprint density at radius 1 is 1.53 bits per heavy atom. The second-order valence-electron chi connectivity index (χ2n) is 3.58. The molecule has 2 aromatic rings. The third-order valence-corrected chi connectivity index (χ3v) is 2.45. The van der Waals surface area contributed by atoms with Gasteiger partial charge in [0.1, 0.15) is 12.1 Å². The summed E-state index contributed by atoms with van der Waals surface area (Å²) >= 11 is 0. The van der Waals surface area contributed by atoms with Crippen molar-refractivity contribution < 1.29 is 19.6 Å². The van der Waals surface area contributed by atoms with Gasteiger partial charge in [0.15, 0.2) is 5.69 Å². The topological polar surface area (TPSA) is 107 Å². The lowest BCUT2D eigenvalue weighted by atomic mass is 10.2. The van der Waals surface area contributed by atoms with Gasteiger partial charge in [-0.1, -0.05) is 0 Å². The fraction of sp³-hybridized carbons (Fsp3) is 0.0909. The zero-order valence-corrected chi connectivity index (χ0v) is 9.81. The molecular weight excluding hydrogens is 254 g/mol. The van der Waals surface area contributed by atoms with E-state index in [-0.39, 0.29) is 17.1 Å². The molecule has 1 aromatic carbocycles. The van der Waals surface area contributed by atoms with Crippen molar-refractivity contribution in [2.45, 2.75) is 0 Å². The summed E-state index contributed by atoms with van der Waals surface area (Å²) in [6, 6.07) is 4.03. The average molecular weight is 263 g/mol. The van der Waals surface area contributed by atoms with Gasteiger partial charge in [-0.15, -0.1) is 0 Å². The Hall–Kier alpha value is -2.90. The largest absolute Gasteiger partial charge is 0.494 e. The number of non-ortho nitro benzene ring substituents is 1. The van der Waals surface area contributed by atoms with Crippen molar-refractivity contribution in [1.82, 2.24) is 9.55 Å². The highest BCUT2D eigenvalue weighted by Gasteiger charge is 2.14. The quantitative estimate of drug-likeness (QED) is 0.661. The number of carboxylic acid groups (broad SMARTS) is 1. The van der Waals surface area contributed by atoms with Crippen LogP contribution in [0.1, 0.15) is 10.5 Å². The minimum absolute atomic E-state index is 0.112. The smallest absolute Gasteiger partial charge is 0.356 e. The van der Waals surface area contributed by atoms with Crippen LogP contribution in [-0.4, -0.2) is 32.7 Å². The van der Waals surface area contributed by atoms with E-state index in [1.165, 1.54) is 42.4 Å². The van der Waals surface area contributed by atoms with Gasteiger partial charge in [0.25, 0.3) is 5.69 Å². The third kappa shape index (κ3) is 2.37. The molecule has 8 heteroatoms. The molecule has 0 unspecified atom stereocenters. The second-order valence-corrected chi connectivity index (χ2v) is 3.58. The molecule has 0 saturated heterocycles. The maximum Gasteiger partial charge on any atom is 0.356 e. The van der Waals surface area contributed by atoms with Crippen LogP contribution >= 0.6 is 0 Å². The van der Waals surface area contributed by atoms with Crippen molar-refractivity contribution in [3.8, 4) is 11.4 Å². The summed E-state index contributed by atoms with van der Waals surface area (Å²) in [7, 11) is 1.37. The molecule has 0 aliphatic heterocycles. The van der Waals surface area contributed by atoms with Gasteiger partial charge in [-0.05, 0) is 6.07 Å². The van der Waals surface area contributed by atoms with Crippen LogP contribution in [0.25, 0.3) is 5.69 Å². The third-order valence-electron chi connectivity index (χ3n) is 2.45. The number of nitrogens with zero attached hydrogens (tertiary/aromatic N) is 3. The van der Waals surface area contributed by atoms with Gasteiger partial charge in [0, 0.05) is 12.3 Å². The van der Waals surface area contributed by atoms with Crippen molar-refractivity contribution in [2.24, 2.45) is 0 Å². The van der Waals surface area contributed by atoms with E-state index in [0.717, 1.165) is 0 Å². The van der Waals surface area contributed by atoms with Gasteiger partial charge < -0.3 is 14.4 Å². The van der Waals surface area contributed by atoms with E-state index in [2.05, 4.69) is 4.98 Å². The summed E-state index contributed by atoms with van der Waals surface area (Å²) in [5.41, 5.74) is 0.229. The number of aromatic nitrogens is 2. The first-order chi connectivity index (χ1) is 9.02. The number of nitro benzene ring substituents is 1. The first kappa shape index (κ1) is 12.6. The summed E-state index contributed by atoms with van der Waals surface area (Å²) in [4.78, 5) is 24.6. The number of imidazole rings is 1. The van der Waals surface area contributed by atoms with Crippen molar-refractivity contribution in [3.05, 3.63) is 46.5 Å². The molecule has 0 amide bonds. The number of hydrogen-bond donors (Lipinski definition) is 1. The Kier molecular flexibility index (Phi) is 3.15. The van der Waals surface area contributed by atoms with Gasteiger partial charge in [-0.3, -0.25) is 10.1 Å². The van der Waals surface area contributed by atoms with Crippen LogP contribution < -0.4 is 4.74 Å². The van der Waals surface area contributed by atoms with Crippen LogP contribution in [0.3, 0.4) is 0 Å². The number of rotatable bonds is 4. The number of carbonyl (C=O) groups is 1. The number of aromatic carboxylic acids is 1. The number of hydrogen-bond acceptors (Lipinski definition) is 5. The zero-order chi connectivity index (χ0) is 14.0. The fourth-order valence-electron chi connectivity index (χ4n) is 1.56. The standard InChI is InChI=1S/C11H9N3O5/c1-19-10-4-7(14(17)18)2-3-9(10)13-5-8(11(15)16)12-6-13/h2-6H,1H3,(H,15,16). The maximum atomic E-state index is 10.7. The van der Waals surface area contributed by atoms with Crippen molar-refractivity contribution in [3.63, 3.8) is 0 Å². The molecule has 1 heterocycles. The monoisotopic (exact) mass is 263 g/mol. The number of benzene rings is 1. The lowest BCUT2D eigenvalue weighted by Crippen LogP contribution is -1.98. The van der Waals surface area contributed by atoms with E-state index < -0.39 is 10.9 Å². The molecule has 8 nitrogen and oxygen atoms in total. The molecule has 19 heavy (non-hydrogen) atoms. The molecular formula is C11H9N3O5. The van der Waals surface area contributed by atoms with Crippen LogP contribution in [0.2, 0.25) is 0 Å². The Bertz CT molecular complexity index is 650. The summed E-state index contributed by atoms with van der Waals surface area (Å²) in [5, 5.41) is 19.5. The number of carboxylic acids is 1. The second kappa shape index (κ2) is 4.77. The van der Waals surface area contributed by atoms with Gasteiger partial charge in [0.05, 0.1) is 23.8 Å². The van der Waals surface area contributed by atoms with Gasteiger partial charge in [-0.25, -0.2) is 9.78 Å². The predicted octanol–water partition coefficient (Wildman–Crippen LogP) is 1.49.